The van der Waals surface area contributed by atoms with Gasteiger partial charge in [-0.15, -0.1) is 0 Å². The number of anilines is 2. The van der Waals surface area contributed by atoms with E-state index in [0.717, 1.165) is 11.7 Å². The van der Waals surface area contributed by atoms with Gasteiger partial charge in [0.1, 0.15) is 5.82 Å². The molecule has 1 atom stereocenters. The minimum atomic E-state index is 0.452. The van der Waals surface area contributed by atoms with Gasteiger partial charge in [0, 0.05) is 19.3 Å². The first-order valence-corrected chi connectivity index (χ1v) is 6.39. The van der Waals surface area contributed by atoms with Crippen molar-refractivity contribution in [3.63, 3.8) is 0 Å². The standard InChI is InChI=1S/C13H24N4/c1-10(2)6-5-7-11(3)16-12-8-9-15-13(14-4)17-12/h8-11H,5-7H2,1-4H3,(H2,14,15,16,17). The zero-order valence-corrected chi connectivity index (χ0v) is 11.3. The predicted molar refractivity (Wildman–Crippen MR) is 73.4 cm³/mol. The van der Waals surface area contributed by atoms with Crippen molar-refractivity contribution in [2.45, 2.75) is 46.1 Å². The molecule has 17 heavy (non-hydrogen) atoms. The molecule has 96 valence electrons. The molecule has 1 aromatic rings. The van der Waals surface area contributed by atoms with Gasteiger partial charge >= 0.3 is 0 Å². The topological polar surface area (TPSA) is 49.8 Å². The van der Waals surface area contributed by atoms with Gasteiger partial charge in [-0.05, 0) is 25.3 Å². The Morgan fingerprint density at radius 2 is 2.00 bits per heavy atom. The van der Waals surface area contributed by atoms with E-state index in [4.69, 9.17) is 0 Å². The zero-order valence-electron chi connectivity index (χ0n) is 11.3. The lowest BCUT2D eigenvalue weighted by Gasteiger charge is -2.15. The van der Waals surface area contributed by atoms with Crippen LogP contribution in [-0.2, 0) is 0 Å². The lowest BCUT2D eigenvalue weighted by atomic mass is 10.0. The normalized spacial score (nSPS) is 12.5. The van der Waals surface area contributed by atoms with Crippen LogP contribution in [0.1, 0.15) is 40.0 Å². The summed E-state index contributed by atoms with van der Waals surface area (Å²) in [6, 6.07) is 2.35. The molecule has 4 nitrogen and oxygen atoms in total. The van der Waals surface area contributed by atoms with Crippen LogP contribution < -0.4 is 10.6 Å². The third-order valence-electron chi connectivity index (χ3n) is 2.69. The molecule has 0 amide bonds. The molecule has 1 aromatic heterocycles. The van der Waals surface area contributed by atoms with Gasteiger partial charge in [0.05, 0.1) is 0 Å². The smallest absolute Gasteiger partial charge is 0.224 e. The summed E-state index contributed by atoms with van der Waals surface area (Å²) in [7, 11) is 1.82. The second kappa shape index (κ2) is 7.09. The fourth-order valence-corrected chi connectivity index (χ4v) is 1.72. The third kappa shape index (κ3) is 5.52. The van der Waals surface area contributed by atoms with Crippen molar-refractivity contribution in [2.75, 3.05) is 17.7 Å². The highest BCUT2D eigenvalue weighted by atomic mass is 15.1. The molecule has 1 rings (SSSR count). The number of nitrogens with one attached hydrogen (secondary N) is 2. The Morgan fingerprint density at radius 1 is 1.24 bits per heavy atom. The predicted octanol–water partition coefficient (Wildman–Crippen LogP) is 3.15. The molecule has 0 spiro atoms. The minimum Gasteiger partial charge on any atom is -0.367 e. The second-order valence-electron chi connectivity index (χ2n) is 4.89. The van der Waals surface area contributed by atoms with Gasteiger partial charge in [-0.1, -0.05) is 26.7 Å². The van der Waals surface area contributed by atoms with Crippen molar-refractivity contribution in [1.29, 1.82) is 0 Å². The third-order valence-corrected chi connectivity index (χ3v) is 2.69. The van der Waals surface area contributed by atoms with Crippen LogP contribution in [0.15, 0.2) is 12.3 Å². The van der Waals surface area contributed by atoms with Crippen LogP contribution in [0.5, 0.6) is 0 Å². The summed E-state index contributed by atoms with van der Waals surface area (Å²) in [6.07, 6.45) is 5.49. The molecule has 0 saturated heterocycles. The molecule has 1 unspecified atom stereocenters. The van der Waals surface area contributed by atoms with Crippen LogP contribution in [0.3, 0.4) is 0 Å². The van der Waals surface area contributed by atoms with Gasteiger partial charge < -0.3 is 10.6 Å². The van der Waals surface area contributed by atoms with Crippen LogP contribution in [0.25, 0.3) is 0 Å². The van der Waals surface area contributed by atoms with E-state index in [1.54, 1.807) is 6.20 Å². The van der Waals surface area contributed by atoms with E-state index in [0.29, 0.717) is 12.0 Å². The highest BCUT2D eigenvalue weighted by Crippen LogP contribution is 2.12. The maximum atomic E-state index is 4.34. The Kier molecular flexibility index (Phi) is 5.73. The van der Waals surface area contributed by atoms with Crippen LogP contribution in [0, 0.1) is 5.92 Å². The quantitative estimate of drug-likeness (QED) is 0.763. The van der Waals surface area contributed by atoms with Gasteiger partial charge in [-0.25, -0.2) is 4.98 Å². The summed E-state index contributed by atoms with van der Waals surface area (Å²) in [5, 5.41) is 6.34. The number of hydrogen-bond acceptors (Lipinski definition) is 4. The Bertz CT molecular complexity index is 325. The maximum Gasteiger partial charge on any atom is 0.224 e. The van der Waals surface area contributed by atoms with E-state index in [-0.39, 0.29) is 0 Å². The molecule has 0 fully saturated rings. The summed E-state index contributed by atoms with van der Waals surface area (Å²) in [6.45, 7) is 6.73. The first-order valence-electron chi connectivity index (χ1n) is 6.39. The monoisotopic (exact) mass is 236 g/mol. The average molecular weight is 236 g/mol. The summed E-state index contributed by atoms with van der Waals surface area (Å²) >= 11 is 0. The Morgan fingerprint density at radius 3 is 2.65 bits per heavy atom. The molecule has 0 aliphatic heterocycles. The van der Waals surface area contributed by atoms with E-state index in [9.17, 15) is 0 Å². The van der Waals surface area contributed by atoms with Crippen LogP contribution in [0.4, 0.5) is 11.8 Å². The lowest BCUT2D eigenvalue weighted by molar-refractivity contribution is 0.520. The number of hydrogen-bond donors (Lipinski definition) is 2. The fourth-order valence-electron chi connectivity index (χ4n) is 1.72. The van der Waals surface area contributed by atoms with Crippen molar-refractivity contribution in [3.05, 3.63) is 12.3 Å². The summed E-state index contributed by atoms with van der Waals surface area (Å²) in [5.74, 6) is 2.34. The van der Waals surface area contributed by atoms with E-state index >= 15 is 0 Å². The SMILES string of the molecule is CNc1nccc(NC(C)CCCC(C)C)n1. The Hall–Kier alpha value is -1.32. The molecule has 0 saturated carbocycles. The first kappa shape index (κ1) is 13.7. The van der Waals surface area contributed by atoms with E-state index in [1.165, 1.54) is 19.3 Å². The molecule has 0 aliphatic rings. The number of aromatic nitrogens is 2. The van der Waals surface area contributed by atoms with Crippen molar-refractivity contribution in [3.8, 4) is 0 Å². The van der Waals surface area contributed by atoms with E-state index < -0.39 is 0 Å². The van der Waals surface area contributed by atoms with Crippen LogP contribution >= 0.6 is 0 Å². The minimum absolute atomic E-state index is 0.452. The van der Waals surface area contributed by atoms with Gasteiger partial charge in [0.15, 0.2) is 0 Å². The van der Waals surface area contributed by atoms with Crippen LogP contribution in [-0.4, -0.2) is 23.1 Å². The van der Waals surface area contributed by atoms with Crippen molar-refractivity contribution in [2.24, 2.45) is 5.92 Å². The summed E-state index contributed by atoms with van der Waals surface area (Å²) in [4.78, 5) is 8.43. The molecule has 0 radical (unpaired) electrons. The van der Waals surface area contributed by atoms with Crippen molar-refractivity contribution >= 4 is 11.8 Å². The number of rotatable bonds is 7. The largest absolute Gasteiger partial charge is 0.367 e. The van der Waals surface area contributed by atoms with Gasteiger partial charge in [-0.3, -0.25) is 0 Å². The van der Waals surface area contributed by atoms with E-state index in [1.807, 2.05) is 13.1 Å². The fraction of sp³-hybridized carbons (Fsp3) is 0.692. The summed E-state index contributed by atoms with van der Waals surface area (Å²) in [5.41, 5.74) is 0. The van der Waals surface area contributed by atoms with Gasteiger partial charge in [0.2, 0.25) is 5.95 Å². The Labute approximate surface area is 104 Å². The molecular weight excluding hydrogens is 212 g/mol. The molecule has 1 heterocycles. The van der Waals surface area contributed by atoms with Crippen molar-refractivity contribution < 1.29 is 0 Å². The Balaban J connectivity index is 2.36. The average Bonchev–Trinajstić information content (AvgIpc) is 2.28. The van der Waals surface area contributed by atoms with Crippen molar-refractivity contribution in [1.82, 2.24) is 9.97 Å². The van der Waals surface area contributed by atoms with Gasteiger partial charge in [0.25, 0.3) is 0 Å². The molecule has 2 N–H and O–H groups in total. The second-order valence-corrected chi connectivity index (χ2v) is 4.89. The van der Waals surface area contributed by atoms with E-state index in [2.05, 4.69) is 41.4 Å². The highest BCUT2D eigenvalue weighted by Gasteiger charge is 2.04. The zero-order chi connectivity index (χ0) is 12.7. The first-order chi connectivity index (χ1) is 8.11. The molecule has 4 heteroatoms. The molecule has 0 bridgehead atoms. The highest BCUT2D eigenvalue weighted by molar-refractivity contribution is 5.39. The number of nitrogens with zero attached hydrogens (tertiary/aromatic N) is 2. The summed E-state index contributed by atoms with van der Waals surface area (Å²) < 4.78 is 0. The molecule has 0 aromatic carbocycles. The molecule has 0 aliphatic carbocycles. The van der Waals surface area contributed by atoms with Crippen LogP contribution in [0.2, 0.25) is 0 Å². The molecular formula is C13H24N4. The maximum absolute atomic E-state index is 4.34. The van der Waals surface area contributed by atoms with Gasteiger partial charge in [-0.2, -0.15) is 4.98 Å². The lowest BCUT2D eigenvalue weighted by Crippen LogP contribution is -2.16.